The van der Waals surface area contributed by atoms with Gasteiger partial charge in [0.1, 0.15) is 5.69 Å². The van der Waals surface area contributed by atoms with Crippen LogP contribution in [0.5, 0.6) is 0 Å². The van der Waals surface area contributed by atoms with Gasteiger partial charge in [-0.05, 0) is 19.9 Å². The summed E-state index contributed by atoms with van der Waals surface area (Å²) in [5.41, 5.74) is 4.65. The van der Waals surface area contributed by atoms with Crippen molar-refractivity contribution in [3.63, 3.8) is 0 Å². The average Bonchev–Trinajstić information content (AvgIpc) is 3.03. The Morgan fingerprint density at radius 3 is 2.15 bits per heavy atom. The first-order chi connectivity index (χ1) is 11.6. The third-order valence-corrected chi connectivity index (χ3v) is 2.55. The monoisotopic (exact) mass is 388 g/mol. The van der Waals surface area contributed by atoms with Crippen molar-refractivity contribution in [2.45, 2.75) is 38.3 Å². The van der Waals surface area contributed by atoms with Gasteiger partial charge in [0, 0.05) is 5.54 Å². The molecule has 14 heteroatoms. The zero-order chi connectivity index (χ0) is 20.3. The van der Waals surface area contributed by atoms with Gasteiger partial charge in [-0.1, -0.05) is 0 Å². The molecule has 0 aliphatic heterocycles. The number of aliphatic carboxylic acids is 1. The molecule has 0 unspecified atom stereocenters. The fraction of sp³-hybridized carbons (Fsp3) is 0.500. The lowest BCUT2D eigenvalue weighted by Gasteiger charge is -2.19. The van der Waals surface area contributed by atoms with E-state index in [4.69, 9.17) is 15.6 Å². The first kappa shape index (κ1) is 21.4. The maximum absolute atomic E-state index is 12.7. The summed E-state index contributed by atoms with van der Waals surface area (Å²) in [7, 11) is 0. The van der Waals surface area contributed by atoms with Crippen LogP contribution in [0.15, 0.2) is 12.3 Å². The molecular weight excluding hydrogens is 374 g/mol. The molecule has 0 spiro atoms. The van der Waals surface area contributed by atoms with Gasteiger partial charge < -0.3 is 10.8 Å². The fourth-order valence-electron chi connectivity index (χ4n) is 1.59. The topological polar surface area (TPSA) is 123 Å². The van der Waals surface area contributed by atoms with Gasteiger partial charge in [-0.25, -0.2) is 4.79 Å². The largest absolute Gasteiger partial charge is 0.490 e. The first-order valence-corrected chi connectivity index (χ1v) is 6.71. The van der Waals surface area contributed by atoms with E-state index < -0.39 is 29.6 Å². The van der Waals surface area contributed by atoms with Crippen LogP contribution in [0.1, 0.15) is 19.5 Å². The molecule has 2 aromatic heterocycles. The van der Waals surface area contributed by atoms with Crippen molar-refractivity contribution in [1.29, 1.82) is 0 Å². The number of hydrogen-bond acceptors (Lipinski definition) is 5. The van der Waals surface area contributed by atoms with Crippen LogP contribution >= 0.6 is 0 Å². The second-order valence-corrected chi connectivity index (χ2v) is 5.72. The number of aromatic nitrogens is 5. The minimum absolute atomic E-state index is 0.130. The predicted molar refractivity (Wildman–Crippen MR) is 74.6 cm³/mol. The molecule has 0 aromatic carbocycles. The molecule has 26 heavy (non-hydrogen) atoms. The Morgan fingerprint density at radius 1 is 1.27 bits per heavy atom. The smallest absolute Gasteiger partial charge is 0.475 e. The summed E-state index contributed by atoms with van der Waals surface area (Å²) < 4.78 is 71.0. The molecule has 146 valence electrons. The molecule has 4 N–H and O–H groups in total. The van der Waals surface area contributed by atoms with Crippen molar-refractivity contribution in [2.75, 3.05) is 0 Å². The quantitative estimate of drug-likeness (QED) is 0.692. The number of rotatable bonds is 3. The Kier molecular flexibility index (Phi) is 6.02. The van der Waals surface area contributed by atoms with Gasteiger partial charge in [0.2, 0.25) is 0 Å². The number of hydrogen-bond donors (Lipinski definition) is 3. The lowest BCUT2D eigenvalue weighted by molar-refractivity contribution is -0.192. The minimum atomic E-state index is -5.08. The Bertz CT molecular complexity index is 729. The molecule has 0 atom stereocenters. The van der Waals surface area contributed by atoms with E-state index in [1.807, 2.05) is 0 Å². The van der Waals surface area contributed by atoms with Crippen LogP contribution in [0.4, 0.5) is 26.3 Å². The lowest BCUT2D eigenvalue weighted by Crippen LogP contribution is -2.37. The van der Waals surface area contributed by atoms with E-state index in [-0.39, 0.29) is 17.9 Å². The Morgan fingerprint density at radius 2 is 1.81 bits per heavy atom. The highest BCUT2D eigenvalue weighted by Crippen LogP contribution is 2.31. The van der Waals surface area contributed by atoms with E-state index in [1.165, 1.54) is 10.9 Å². The van der Waals surface area contributed by atoms with Crippen molar-refractivity contribution >= 4 is 5.97 Å². The normalized spacial score (nSPS) is 12.5. The average molecular weight is 388 g/mol. The highest BCUT2D eigenvalue weighted by molar-refractivity contribution is 5.73. The van der Waals surface area contributed by atoms with Gasteiger partial charge in [0.05, 0.1) is 18.4 Å². The van der Waals surface area contributed by atoms with E-state index in [1.54, 1.807) is 13.8 Å². The number of H-pyrrole nitrogens is 1. The SMILES string of the molecule is CC(C)(N)Cn1nc(C(F)(F)F)cc1-c1cn[nH]n1.O=C(O)C(F)(F)F. The van der Waals surface area contributed by atoms with Crippen molar-refractivity contribution in [2.24, 2.45) is 5.73 Å². The van der Waals surface area contributed by atoms with Gasteiger partial charge in [0.15, 0.2) is 5.69 Å². The summed E-state index contributed by atoms with van der Waals surface area (Å²) in [6, 6.07) is 0.934. The summed E-state index contributed by atoms with van der Waals surface area (Å²) >= 11 is 0. The van der Waals surface area contributed by atoms with Crippen molar-refractivity contribution in [3.05, 3.63) is 18.0 Å². The Labute approximate surface area is 142 Å². The van der Waals surface area contributed by atoms with Gasteiger partial charge in [-0.15, -0.1) is 0 Å². The first-order valence-electron chi connectivity index (χ1n) is 6.71. The number of carbonyl (C=O) groups is 1. The third kappa shape index (κ3) is 6.34. The molecule has 0 saturated carbocycles. The van der Waals surface area contributed by atoms with Crippen molar-refractivity contribution in [1.82, 2.24) is 25.2 Å². The van der Waals surface area contributed by atoms with Gasteiger partial charge >= 0.3 is 18.3 Å². The zero-order valence-electron chi connectivity index (χ0n) is 13.4. The molecular formula is C12H14F6N6O2. The highest BCUT2D eigenvalue weighted by atomic mass is 19.4. The van der Waals surface area contributed by atoms with Crippen LogP contribution in [-0.4, -0.2) is 48.0 Å². The number of nitrogens with one attached hydrogen (secondary N) is 1. The number of aromatic amines is 1. The summed E-state index contributed by atoms with van der Waals surface area (Å²) in [5.74, 6) is -2.76. The van der Waals surface area contributed by atoms with E-state index >= 15 is 0 Å². The minimum Gasteiger partial charge on any atom is -0.475 e. The number of carboxylic acid groups (broad SMARTS) is 1. The van der Waals surface area contributed by atoms with Crippen molar-refractivity contribution < 1.29 is 36.2 Å². The summed E-state index contributed by atoms with van der Waals surface area (Å²) in [5, 5.41) is 20.4. The van der Waals surface area contributed by atoms with Crippen LogP contribution in [0.2, 0.25) is 0 Å². The molecule has 0 fully saturated rings. The van der Waals surface area contributed by atoms with E-state index in [0.29, 0.717) is 0 Å². The van der Waals surface area contributed by atoms with Crippen LogP contribution in [0.25, 0.3) is 11.4 Å². The fourth-order valence-corrected chi connectivity index (χ4v) is 1.59. The molecule has 0 aliphatic rings. The second kappa shape index (κ2) is 7.31. The summed E-state index contributed by atoms with van der Waals surface area (Å²) in [6.45, 7) is 3.54. The second-order valence-electron chi connectivity index (χ2n) is 5.72. The standard InChI is InChI=1S/C10H13F3N6.C2HF3O2/c1-9(2,14)5-19-7(6-4-15-18-16-6)3-8(17-19)10(11,12)13;3-2(4,5)1(6)7/h3-4H,5,14H2,1-2H3,(H,15,16,18);(H,6,7). The molecule has 0 amide bonds. The number of nitrogens with zero attached hydrogens (tertiary/aromatic N) is 4. The summed E-state index contributed by atoms with van der Waals surface area (Å²) in [4.78, 5) is 8.90. The van der Waals surface area contributed by atoms with Crippen molar-refractivity contribution in [3.8, 4) is 11.4 Å². The van der Waals surface area contributed by atoms with Crippen LogP contribution in [0, 0.1) is 0 Å². The Hall–Kier alpha value is -2.64. The van der Waals surface area contributed by atoms with Gasteiger partial charge in [-0.2, -0.15) is 46.9 Å². The summed E-state index contributed by atoms with van der Waals surface area (Å²) in [6.07, 6.45) is -8.26. The van der Waals surface area contributed by atoms with E-state index in [9.17, 15) is 26.3 Å². The lowest BCUT2D eigenvalue weighted by atomic mass is 10.1. The number of nitrogens with two attached hydrogens (primary N) is 1. The molecule has 2 rings (SSSR count). The maximum Gasteiger partial charge on any atom is 0.490 e. The van der Waals surface area contributed by atoms with Crippen LogP contribution in [0.3, 0.4) is 0 Å². The maximum atomic E-state index is 12.7. The predicted octanol–water partition coefficient (Wildman–Crippen LogP) is 2.06. The van der Waals surface area contributed by atoms with Gasteiger partial charge in [-0.3, -0.25) is 4.68 Å². The molecule has 2 heterocycles. The molecule has 0 saturated heterocycles. The van der Waals surface area contributed by atoms with E-state index in [2.05, 4.69) is 20.5 Å². The number of halogens is 6. The molecule has 0 radical (unpaired) electrons. The number of alkyl halides is 6. The molecule has 0 aliphatic carbocycles. The van der Waals surface area contributed by atoms with Crippen LogP contribution < -0.4 is 5.73 Å². The number of carboxylic acids is 1. The van der Waals surface area contributed by atoms with Gasteiger partial charge in [0.25, 0.3) is 0 Å². The Balaban J connectivity index is 0.000000412. The van der Waals surface area contributed by atoms with Crippen LogP contribution in [-0.2, 0) is 17.5 Å². The molecule has 2 aromatic rings. The molecule has 0 bridgehead atoms. The van der Waals surface area contributed by atoms with E-state index in [0.717, 1.165) is 6.07 Å². The third-order valence-electron chi connectivity index (χ3n) is 2.55. The zero-order valence-corrected chi connectivity index (χ0v) is 13.4. The highest BCUT2D eigenvalue weighted by Gasteiger charge is 2.38. The molecule has 8 nitrogen and oxygen atoms in total.